The molecule has 0 amide bonds. The average molecular weight is 690 g/mol. The Hall–Kier alpha value is -7.16. The topological polar surface area (TPSA) is 16.4 Å². The van der Waals surface area contributed by atoms with E-state index in [0.717, 1.165) is 61.6 Å². The van der Waals surface area contributed by atoms with Crippen LogP contribution in [0.3, 0.4) is 0 Å². The van der Waals surface area contributed by atoms with Crippen LogP contribution in [0, 0.1) is 0 Å². The monoisotopic (exact) mass is 689 g/mol. The Morgan fingerprint density at radius 3 is 1.63 bits per heavy atom. The van der Waals surface area contributed by atoms with E-state index in [9.17, 15) is 0 Å². The number of fused-ring (bicyclic) bond motifs is 3. The molecule has 0 saturated carbocycles. The summed E-state index contributed by atoms with van der Waals surface area (Å²) < 4.78 is 6.57. The number of rotatable bonds is 7. The highest BCUT2D eigenvalue weighted by atomic mass is 16.3. The third kappa shape index (κ3) is 5.62. The fraction of sp³-hybridized carbons (Fsp3) is 0. The summed E-state index contributed by atoms with van der Waals surface area (Å²) in [4.78, 5) is 2.37. The van der Waals surface area contributed by atoms with Crippen molar-refractivity contribution >= 4 is 49.6 Å². The lowest BCUT2D eigenvalue weighted by Gasteiger charge is -2.27. The third-order valence-electron chi connectivity index (χ3n) is 10.5. The highest BCUT2D eigenvalue weighted by Crippen LogP contribution is 2.43. The van der Waals surface area contributed by atoms with Crippen molar-refractivity contribution in [3.8, 4) is 44.7 Å². The van der Waals surface area contributed by atoms with Crippen LogP contribution in [0.25, 0.3) is 77.2 Å². The first-order valence-electron chi connectivity index (χ1n) is 18.4. The minimum Gasteiger partial charge on any atom is -0.455 e. The van der Waals surface area contributed by atoms with E-state index in [1.54, 1.807) is 0 Å². The Morgan fingerprint density at radius 1 is 0.333 bits per heavy atom. The molecule has 10 aromatic rings. The van der Waals surface area contributed by atoms with Gasteiger partial charge in [-0.1, -0.05) is 170 Å². The highest BCUT2D eigenvalue weighted by molar-refractivity contribution is 6.03. The van der Waals surface area contributed by atoms with Crippen molar-refractivity contribution in [2.45, 2.75) is 0 Å². The van der Waals surface area contributed by atoms with Crippen LogP contribution in [-0.2, 0) is 0 Å². The molecular weight excluding hydrogens is 655 g/mol. The Morgan fingerprint density at radius 2 is 0.870 bits per heavy atom. The predicted octanol–water partition coefficient (Wildman–Crippen LogP) is 14.9. The summed E-state index contributed by atoms with van der Waals surface area (Å²) in [7, 11) is 0. The molecule has 0 spiro atoms. The maximum absolute atomic E-state index is 6.57. The molecule has 0 aliphatic heterocycles. The maximum atomic E-state index is 6.57. The SMILES string of the molecule is c1ccc(-c2c(-c3cccc(-c4ccc(N(c5ccc(-c6cccc7ccccc67)cc5)c5cccc6ccccc56)cc4)c3)oc3ccccc23)cc1. The molecule has 1 aromatic heterocycles. The van der Waals surface area contributed by atoms with Crippen LogP contribution in [0.2, 0.25) is 0 Å². The van der Waals surface area contributed by atoms with E-state index in [1.165, 1.54) is 32.7 Å². The van der Waals surface area contributed by atoms with Gasteiger partial charge in [-0.2, -0.15) is 0 Å². The maximum Gasteiger partial charge on any atom is 0.143 e. The first-order valence-corrected chi connectivity index (χ1v) is 18.4. The molecular formula is C52H35NO. The van der Waals surface area contributed by atoms with Gasteiger partial charge in [-0.05, 0) is 86.4 Å². The molecule has 0 aliphatic carbocycles. The minimum atomic E-state index is 0.884. The van der Waals surface area contributed by atoms with Gasteiger partial charge in [0.25, 0.3) is 0 Å². The van der Waals surface area contributed by atoms with Crippen molar-refractivity contribution < 1.29 is 4.42 Å². The van der Waals surface area contributed by atoms with Crippen molar-refractivity contribution in [1.82, 2.24) is 0 Å². The predicted molar refractivity (Wildman–Crippen MR) is 228 cm³/mol. The van der Waals surface area contributed by atoms with Crippen LogP contribution >= 0.6 is 0 Å². The lowest BCUT2D eigenvalue weighted by molar-refractivity contribution is 0.632. The molecule has 0 unspecified atom stereocenters. The Bertz CT molecular complexity index is 2910. The van der Waals surface area contributed by atoms with E-state index in [1.807, 2.05) is 12.1 Å². The molecule has 10 rings (SSSR count). The largest absolute Gasteiger partial charge is 0.455 e. The van der Waals surface area contributed by atoms with Crippen molar-refractivity contribution in [2.75, 3.05) is 4.90 Å². The van der Waals surface area contributed by atoms with E-state index in [0.29, 0.717) is 0 Å². The fourth-order valence-corrected chi connectivity index (χ4v) is 7.88. The molecule has 2 nitrogen and oxygen atoms in total. The van der Waals surface area contributed by atoms with Gasteiger partial charge in [-0.15, -0.1) is 0 Å². The van der Waals surface area contributed by atoms with Crippen LogP contribution in [0.4, 0.5) is 17.1 Å². The first kappa shape index (κ1) is 31.6. The molecule has 9 aromatic carbocycles. The zero-order valence-corrected chi connectivity index (χ0v) is 29.6. The van der Waals surface area contributed by atoms with Gasteiger partial charge in [0, 0.05) is 33.3 Å². The summed E-state index contributed by atoms with van der Waals surface area (Å²) in [6.07, 6.45) is 0. The van der Waals surface area contributed by atoms with Crippen LogP contribution < -0.4 is 4.90 Å². The van der Waals surface area contributed by atoms with Gasteiger partial charge in [0.05, 0.1) is 5.69 Å². The van der Waals surface area contributed by atoms with Gasteiger partial charge in [0.15, 0.2) is 0 Å². The molecule has 0 bridgehead atoms. The minimum absolute atomic E-state index is 0.884. The molecule has 254 valence electrons. The van der Waals surface area contributed by atoms with Crippen LogP contribution in [0.15, 0.2) is 217 Å². The van der Waals surface area contributed by atoms with E-state index in [-0.39, 0.29) is 0 Å². The molecule has 1 heterocycles. The molecule has 0 aliphatic rings. The zero-order valence-electron chi connectivity index (χ0n) is 29.6. The number of anilines is 3. The Balaban J connectivity index is 1.05. The molecule has 2 heteroatoms. The number of hydrogen-bond donors (Lipinski definition) is 0. The van der Waals surface area contributed by atoms with Crippen LogP contribution in [-0.4, -0.2) is 0 Å². The first-order chi connectivity index (χ1) is 26.8. The van der Waals surface area contributed by atoms with Crippen LogP contribution in [0.5, 0.6) is 0 Å². The van der Waals surface area contributed by atoms with Gasteiger partial charge in [-0.3, -0.25) is 0 Å². The summed E-state index contributed by atoms with van der Waals surface area (Å²) in [6.45, 7) is 0. The number of para-hydroxylation sites is 1. The molecule has 0 fully saturated rings. The summed E-state index contributed by atoms with van der Waals surface area (Å²) in [6, 6.07) is 75.7. The normalized spacial score (nSPS) is 11.3. The lowest BCUT2D eigenvalue weighted by Crippen LogP contribution is -2.10. The van der Waals surface area contributed by atoms with Crippen LogP contribution in [0.1, 0.15) is 0 Å². The van der Waals surface area contributed by atoms with Crippen molar-refractivity contribution in [2.24, 2.45) is 0 Å². The number of hydrogen-bond acceptors (Lipinski definition) is 2. The van der Waals surface area contributed by atoms with Gasteiger partial charge in [0.1, 0.15) is 11.3 Å². The van der Waals surface area contributed by atoms with E-state index in [2.05, 4.69) is 205 Å². The van der Waals surface area contributed by atoms with E-state index in [4.69, 9.17) is 4.42 Å². The van der Waals surface area contributed by atoms with Crippen molar-refractivity contribution in [1.29, 1.82) is 0 Å². The molecule has 0 saturated heterocycles. The van der Waals surface area contributed by atoms with E-state index < -0.39 is 0 Å². The smallest absolute Gasteiger partial charge is 0.143 e. The van der Waals surface area contributed by atoms with Crippen molar-refractivity contribution in [3.63, 3.8) is 0 Å². The summed E-state index contributed by atoms with van der Waals surface area (Å²) in [5.41, 5.74) is 12.2. The second-order valence-electron chi connectivity index (χ2n) is 13.7. The Kier molecular flexibility index (Phi) is 7.85. The number of nitrogens with zero attached hydrogens (tertiary/aromatic N) is 1. The fourth-order valence-electron chi connectivity index (χ4n) is 7.88. The highest BCUT2D eigenvalue weighted by Gasteiger charge is 2.19. The third-order valence-corrected chi connectivity index (χ3v) is 10.5. The molecule has 0 radical (unpaired) electrons. The van der Waals surface area contributed by atoms with Crippen molar-refractivity contribution in [3.05, 3.63) is 212 Å². The molecule has 54 heavy (non-hydrogen) atoms. The number of benzene rings is 9. The quantitative estimate of drug-likeness (QED) is 0.166. The second kappa shape index (κ2) is 13.4. The lowest BCUT2D eigenvalue weighted by atomic mass is 9.96. The summed E-state index contributed by atoms with van der Waals surface area (Å²) in [5, 5.41) is 6.04. The zero-order chi connectivity index (χ0) is 35.8. The Labute approximate surface area is 314 Å². The van der Waals surface area contributed by atoms with Gasteiger partial charge >= 0.3 is 0 Å². The average Bonchev–Trinajstić information content (AvgIpc) is 3.64. The number of furan rings is 1. The van der Waals surface area contributed by atoms with Gasteiger partial charge in [-0.25, -0.2) is 0 Å². The molecule has 0 N–H and O–H groups in total. The standard InChI is InChI=1S/C52H35NO/c1-2-15-40(16-3-1)51-48-23-8-9-26-50(48)54-52(51)42-20-10-19-41(35-42)36-27-31-43(32-28-36)53(49-25-12-18-38-14-5-7-22-47(38)49)44-33-29-39(30-34-44)46-24-11-17-37-13-4-6-21-45(37)46/h1-35H. The van der Waals surface area contributed by atoms with Gasteiger partial charge < -0.3 is 9.32 Å². The van der Waals surface area contributed by atoms with Gasteiger partial charge in [0.2, 0.25) is 0 Å². The van der Waals surface area contributed by atoms with E-state index >= 15 is 0 Å². The second-order valence-corrected chi connectivity index (χ2v) is 13.7. The molecule has 0 atom stereocenters. The summed E-state index contributed by atoms with van der Waals surface area (Å²) >= 11 is 0. The summed E-state index contributed by atoms with van der Waals surface area (Å²) in [5.74, 6) is 0.884.